The van der Waals surface area contributed by atoms with E-state index < -0.39 is 5.97 Å². The average Bonchev–Trinajstić information content (AvgIpc) is 2.93. The Morgan fingerprint density at radius 3 is 2.58 bits per heavy atom. The number of thiophene rings is 1. The molecule has 1 heterocycles. The first-order chi connectivity index (χ1) is 11.5. The number of benzene rings is 2. The Morgan fingerprint density at radius 1 is 1.12 bits per heavy atom. The largest absolute Gasteiger partial charge is 0.465 e. The van der Waals surface area contributed by atoms with E-state index in [0.29, 0.717) is 26.2 Å². The summed E-state index contributed by atoms with van der Waals surface area (Å²) in [7, 11) is 1.28. The Bertz CT molecular complexity index is 949. The van der Waals surface area contributed by atoms with E-state index in [4.69, 9.17) is 4.74 Å². The molecule has 3 rings (SSSR count). The molecule has 1 aromatic heterocycles. The maximum Gasteiger partial charge on any atom is 0.339 e. The molecule has 3 aromatic rings. The number of aryl methyl sites for hydroxylation is 1. The van der Waals surface area contributed by atoms with Crippen LogP contribution < -0.4 is 5.32 Å². The van der Waals surface area contributed by atoms with Crippen LogP contribution in [0.1, 0.15) is 25.6 Å². The highest BCUT2D eigenvalue weighted by molar-refractivity contribution is 7.21. The SMILES string of the molecule is COC(=O)c1ccccc1NC(=O)c1sc2cccc(F)c2c1C. The van der Waals surface area contributed by atoms with Crippen LogP contribution in [0.2, 0.25) is 0 Å². The number of nitrogens with one attached hydrogen (secondary N) is 1. The van der Waals surface area contributed by atoms with E-state index in [1.807, 2.05) is 0 Å². The number of methoxy groups -OCH3 is 1. The van der Waals surface area contributed by atoms with E-state index in [2.05, 4.69) is 5.32 Å². The van der Waals surface area contributed by atoms with Crippen LogP contribution in [0, 0.1) is 12.7 Å². The fourth-order valence-corrected chi connectivity index (χ4v) is 3.65. The van der Waals surface area contributed by atoms with Crippen molar-refractivity contribution < 1.29 is 18.7 Å². The van der Waals surface area contributed by atoms with Gasteiger partial charge in [0.1, 0.15) is 5.82 Å². The van der Waals surface area contributed by atoms with E-state index in [-0.39, 0.29) is 17.3 Å². The van der Waals surface area contributed by atoms with Gasteiger partial charge >= 0.3 is 5.97 Å². The van der Waals surface area contributed by atoms with Crippen molar-refractivity contribution in [3.8, 4) is 0 Å². The van der Waals surface area contributed by atoms with Crippen molar-refractivity contribution in [2.24, 2.45) is 0 Å². The number of hydrogen-bond donors (Lipinski definition) is 1. The van der Waals surface area contributed by atoms with Gasteiger partial charge in [-0.2, -0.15) is 0 Å². The van der Waals surface area contributed by atoms with Gasteiger partial charge < -0.3 is 10.1 Å². The number of fused-ring (bicyclic) bond motifs is 1. The molecule has 0 saturated carbocycles. The van der Waals surface area contributed by atoms with Crippen LogP contribution in [-0.2, 0) is 4.74 Å². The molecule has 0 unspecified atom stereocenters. The van der Waals surface area contributed by atoms with E-state index in [1.54, 1.807) is 43.3 Å². The van der Waals surface area contributed by atoms with Gasteiger partial charge in [0.25, 0.3) is 5.91 Å². The molecular weight excluding hydrogens is 329 g/mol. The lowest BCUT2D eigenvalue weighted by Gasteiger charge is -2.09. The summed E-state index contributed by atoms with van der Waals surface area (Å²) in [5.74, 6) is -1.27. The zero-order valence-electron chi connectivity index (χ0n) is 13.1. The van der Waals surface area contributed by atoms with E-state index in [1.165, 1.54) is 24.5 Å². The van der Waals surface area contributed by atoms with E-state index >= 15 is 0 Å². The summed E-state index contributed by atoms with van der Waals surface area (Å²) in [5, 5.41) is 3.16. The van der Waals surface area contributed by atoms with Gasteiger partial charge in [0.2, 0.25) is 0 Å². The number of hydrogen-bond acceptors (Lipinski definition) is 4. The minimum Gasteiger partial charge on any atom is -0.465 e. The summed E-state index contributed by atoms with van der Waals surface area (Å²) < 4.78 is 19.4. The van der Waals surface area contributed by atoms with Crippen LogP contribution in [0.15, 0.2) is 42.5 Å². The molecular formula is C18H14FNO3S. The quantitative estimate of drug-likeness (QED) is 0.718. The fourth-order valence-electron chi connectivity index (χ4n) is 2.53. The number of carbonyl (C=O) groups excluding carboxylic acids is 2. The number of anilines is 1. The van der Waals surface area contributed by atoms with E-state index in [9.17, 15) is 14.0 Å². The highest BCUT2D eigenvalue weighted by Crippen LogP contribution is 2.33. The van der Waals surface area contributed by atoms with Crippen LogP contribution >= 0.6 is 11.3 Å². The first-order valence-electron chi connectivity index (χ1n) is 7.19. The maximum atomic E-state index is 14.0. The number of ether oxygens (including phenoxy) is 1. The number of carbonyl (C=O) groups is 2. The molecule has 6 heteroatoms. The zero-order valence-corrected chi connectivity index (χ0v) is 13.9. The van der Waals surface area contributed by atoms with Gasteiger partial charge in [-0.3, -0.25) is 4.79 Å². The summed E-state index contributed by atoms with van der Waals surface area (Å²) in [4.78, 5) is 24.8. The van der Waals surface area contributed by atoms with Crippen LogP contribution in [0.5, 0.6) is 0 Å². The van der Waals surface area contributed by atoms with Crippen molar-refractivity contribution >= 4 is 39.0 Å². The first-order valence-corrected chi connectivity index (χ1v) is 8.01. The molecule has 0 spiro atoms. The summed E-state index contributed by atoms with van der Waals surface area (Å²) in [6.07, 6.45) is 0. The third kappa shape index (κ3) is 2.76. The molecule has 2 aromatic carbocycles. The second kappa shape index (κ2) is 6.41. The summed E-state index contributed by atoms with van der Waals surface area (Å²) >= 11 is 1.22. The molecule has 1 amide bonds. The Labute approximate surface area is 141 Å². The second-order valence-corrected chi connectivity index (χ2v) is 6.21. The molecule has 122 valence electrons. The molecule has 1 N–H and O–H groups in total. The number of esters is 1. The van der Waals surface area contributed by atoms with Crippen molar-refractivity contribution in [2.45, 2.75) is 6.92 Å². The lowest BCUT2D eigenvalue weighted by Crippen LogP contribution is -2.15. The highest BCUT2D eigenvalue weighted by atomic mass is 32.1. The lowest BCUT2D eigenvalue weighted by atomic mass is 10.1. The van der Waals surface area contributed by atoms with Crippen LogP contribution in [-0.4, -0.2) is 19.0 Å². The molecule has 0 radical (unpaired) electrons. The predicted molar refractivity (Wildman–Crippen MR) is 92.3 cm³/mol. The summed E-state index contributed by atoms with van der Waals surface area (Å²) in [6, 6.07) is 11.3. The molecule has 0 bridgehead atoms. The van der Waals surface area contributed by atoms with Crippen LogP contribution in [0.25, 0.3) is 10.1 Å². The number of rotatable bonds is 3. The van der Waals surface area contributed by atoms with Crippen molar-refractivity contribution in [3.05, 3.63) is 64.3 Å². The molecule has 0 aliphatic heterocycles. The van der Waals surface area contributed by atoms with Gasteiger partial charge in [-0.1, -0.05) is 18.2 Å². The molecule has 0 saturated heterocycles. The third-order valence-corrected chi connectivity index (χ3v) is 4.95. The van der Waals surface area contributed by atoms with Crippen molar-refractivity contribution in [2.75, 3.05) is 12.4 Å². The van der Waals surface area contributed by atoms with Gasteiger partial charge in [0, 0.05) is 10.1 Å². The van der Waals surface area contributed by atoms with Crippen LogP contribution in [0.3, 0.4) is 0 Å². The lowest BCUT2D eigenvalue weighted by molar-refractivity contribution is 0.0602. The Balaban J connectivity index is 1.99. The van der Waals surface area contributed by atoms with Gasteiger partial charge in [-0.25, -0.2) is 9.18 Å². The standard InChI is InChI=1S/C18H14FNO3S/c1-10-15-12(19)7-5-9-14(15)24-16(10)17(21)20-13-8-4-3-6-11(13)18(22)23-2/h3-9H,1-2H3,(H,20,21). The Kier molecular flexibility index (Phi) is 4.31. The van der Waals surface area contributed by atoms with Gasteiger partial charge in [-0.05, 0) is 36.8 Å². The first kappa shape index (κ1) is 16.1. The molecule has 24 heavy (non-hydrogen) atoms. The maximum absolute atomic E-state index is 14.0. The highest BCUT2D eigenvalue weighted by Gasteiger charge is 2.20. The number of para-hydroxylation sites is 1. The zero-order chi connectivity index (χ0) is 17.3. The Morgan fingerprint density at radius 2 is 1.88 bits per heavy atom. The summed E-state index contributed by atoms with van der Waals surface area (Å²) in [6.45, 7) is 1.71. The smallest absolute Gasteiger partial charge is 0.339 e. The molecule has 0 aliphatic rings. The topological polar surface area (TPSA) is 55.4 Å². The molecule has 4 nitrogen and oxygen atoms in total. The van der Waals surface area contributed by atoms with Gasteiger partial charge in [0.05, 0.1) is 23.2 Å². The van der Waals surface area contributed by atoms with Crippen molar-refractivity contribution in [1.29, 1.82) is 0 Å². The summed E-state index contributed by atoms with van der Waals surface area (Å²) in [5.41, 5.74) is 1.20. The van der Waals surface area contributed by atoms with Crippen LogP contribution in [0.4, 0.5) is 10.1 Å². The number of halogens is 1. The van der Waals surface area contributed by atoms with Crippen molar-refractivity contribution in [3.63, 3.8) is 0 Å². The third-order valence-electron chi connectivity index (χ3n) is 3.69. The number of amides is 1. The fraction of sp³-hybridized carbons (Fsp3) is 0.111. The van der Waals surface area contributed by atoms with Gasteiger partial charge in [0.15, 0.2) is 0 Å². The average molecular weight is 343 g/mol. The van der Waals surface area contributed by atoms with E-state index in [0.717, 1.165) is 0 Å². The molecule has 0 atom stereocenters. The minimum atomic E-state index is -0.537. The second-order valence-electron chi connectivity index (χ2n) is 5.16. The molecule has 0 aliphatic carbocycles. The normalized spacial score (nSPS) is 10.6. The van der Waals surface area contributed by atoms with Crippen molar-refractivity contribution in [1.82, 2.24) is 0 Å². The van der Waals surface area contributed by atoms with Gasteiger partial charge in [-0.15, -0.1) is 11.3 Å². The predicted octanol–water partition coefficient (Wildman–Crippen LogP) is 4.39. The monoisotopic (exact) mass is 343 g/mol. The Hall–Kier alpha value is -2.73. The molecule has 0 fully saturated rings. The minimum absolute atomic E-state index is 0.262.